The van der Waals surface area contributed by atoms with Crippen LogP contribution in [0.4, 0.5) is 15.9 Å². The second-order valence-corrected chi connectivity index (χ2v) is 9.56. The molecule has 2 aliphatic rings. The summed E-state index contributed by atoms with van der Waals surface area (Å²) in [6, 6.07) is 11.4. The summed E-state index contributed by atoms with van der Waals surface area (Å²) < 4.78 is 16.0. The van der Waals surface area contributed by atoms with Crippen LogP contribution in [-0.4, -0.2) is 54.6 Å². The SMILES string of the molecule is C[C@@H]1CNc2c(sc3ccc4nc(-c5ccc(N6CCNCC6)nc5F)ccc4c23)C(=O)N1. The van der Waals surface area contributed by atoms with E-state index in [9.17, 15) is 9.18 Å². The van der Waals surface area contributed by atoms with Crippen LogP contribution in [0.25, 0.3) is 32.2 Å². The number of fused-ring (bicyclic) bond motifs is 5. The molecule has 0 unspecified atom stereocenters. The van der Waals surface area contributed by atoms with E-state index in [0.29, 0.717) is 28.5 Å². The van der Waals surface area contributed by atoms with E-state index in [0.717, 1.165) is 52.9 Å². The fraction of sp³-hybridized carbons (Fsp3) is 0.292. The Morgan fingerprint density at radius 3 is 2.76 bits per heavy atom. The van der Waals surface area contributed by atoms with Gasteiger partial charge in [0.25, 0.3) is 5.91 Å². The number of piperazine rings is 1. The molecule has 4 aromatic rings. The van der Waals surface area contributed by atoms with E-state index in [1.165, 1.54) is 11.3 Å². The molecule has 3 aromatic heterocycles. The Balaban J connectivity index is 1.42. The predicted molar refractivity (Wildman–Crippen MR) is 131 cm³/mol. The first-order valence-electron chi connectivity index (χ1n) is 11.1. The summed E-state index contributed by atoms with van der Waals surface area (Å²) in [4.78, 5) is 24.4. The average Bonchev–Trinajstić information content (AvgIpc) is 3.15. The minimum Gasteiger partial charge on any atom is -0.381 e. The number of nitrogens with one attached hydrogen (secondary N) is 3. The highest BCUT2D eigenvalue weighted by Crippen LogP contribution is 2.41. The number of aromatic nitrogens is 2. The lowest BCUT2D eigenvalue weighted by atomic mass is 10.1. The second kappa shape index (κ2) is 7.93. The number of benzene rings is 1. The molecule has 9 heteroatoms. The Morgan fingerprint density at radius 2 is 1.94 bits per heavy atom. The molecule has 1 fully saturated rings. The third-order valence-corrected chi connectivity index (χ3v) is 7.40. The quantitative estimate of drug-likeness (QED) is 0.395. The fourth-order valence-corrected chi connectivity index (χ4v) is 5.66. The van der Waals surface area contributed by atoms with Crippen LogP contribution in [0.3, 0.4) is 0 Å². The van der Waals surface area contributed by atoms with Crippen LogP contribution in [0, 0.1) is 5.95 Å². The van der Waals surface area contributed by atoms with Crippen LogP contribution in [-0.2, 0) is 0 Å². The van der Waals surface area contributed by atoms with Crippen molar-refractivity contribution < 1.29 is 9.18 Å². The minimum absolute atomic E-state index is 0.0477. The van der Waals surface area contributed by atoms with Gasteiger partial charge in [0.05, 0.1) is 22.5 Å². The molecule has 0 bridgehead atoms. The second-order valence-electron chi connectivity index (χ2n) is 8.51. The lowest BCUT2D eigenvalue weighted by Crippen LogP contribution is -2.43. The van der Waals surface area contributed by atoms with Crippen molar-refractivity contribution in [3.63, 3.8) is 0 Å². The van der Waals surface area contributed by atoms with E-state index in [1.54, 1.807) is 6.07 Å². The Hall–Kier alpha value is -3.30. The molecule has 0 saturated carbocycles. The van der Waals surface area contributed by atoms with E-state index >= 15 is 0 Å². The smallest absolute Gasteiger partial charge is 0.263 e. The Kier molecular flexibility index (Phi) is 4.88. The lowest BCUT2D eigenvalue weighted by molar-refractivity contribution is 0.0949. The van der Waals surface area contributed by atoms with Gasteiger partial charge in [-0.05, 0) is 43.3 Å². The third kappa shape index (κ3) is 3.48. The molecule has 33 heavy (non-hydrogen) atoms. The molecule has 2 aliphatic heterocycles. The van der Waals surface area contributed by atoms with Crippen LogP contribution < -0.4 is 20.9 Å². The number of carbonyl (C=O) groups is 1. The minimum atomic E-state index is -0.518. The number of rotatable bonds is 2. The summed E-state index contributed by atoms with van der Waals surface area (Å²) in [6.07, 6.45) is 0. The number of hydrogen-bond donors (Lipinski definition) is 3. The molecule has 0 aliphatic carbocycles. The molecule has 3 N–H and O–H groups in total. The van der Waals surface area contributed by atoms with Gasteiger partial charge in [-0.1, -0.05) is 0 Å². The number of amides is 1. The molecule has 0 radical (unpaired) electrons. The van der Waals surface area contributed by atoms with Crippen molar-refractivity contribution in [2.75, 3.05) is 42.9 Å². The number of thiophene rings is 1. The zero-order valence-electron chi connectivity index (χ0n) is 18.1. The highest BCUT2D eigenvalue weighted by Gasteiger charge is 2.25. The zero-order chi connectivity index (χ0) is 22.5. The van der Waals surface area contributed by atoms with E-state index in [-0.39, 0.29) is 11.9 Å². The number of nitrogens with zero attached hydrogens (tertiary/aromatic N) is 3. The highest BCUT2D eigenvalue weighted by atomic mass is 32.1. The van der Waals surface area contributed by atoms with Crippen molar-refractivity contribution >= 4 is 49.7 Å². The van der Waals surface area contributed by atoms with Gasteiger partial charge in [-0.3, -0.25) is 4.79 Å². The molecule has 1 atom stereocenters. The highest BCUT2D eigenvalue weighted by molar-refractivity contribution is 7.21. The Morgan fingerprint density at radius 1 is 1.09 bits per heavy atom. The van der Waals surface area contributed by atoms with Crippen molar-refractivity contribution in [3.05, 3.63) is 47.2 Å². The lowest BCUT2D eigenvalue weighted by Gasteiger charge is -2.28. The standard InChI is InChI=1S/C24H23FN6OS/c1-13-12-27-21-20-14-2-4-17(29-16(14)5-6-18(20)33-22(21)24(32)28-13)15-3-7-19(30-23(15)25)31-10-8-26-9-11-31/h2-7,13,26-27H,8-12H2,1H3,(H,28,32)/t13-/m1/s1. The summed E-state index contributed by atoms with van der Waals surface area (Å²) >= 11 is 1.47. The molecule has 168 valence electrons. The molecule has 6 rings (SSSR count). The van der Waals surface area contributed by atoms with Gasteiger partial charge in [-0.2, -0.15) is 4.39 Å². The van der Waals surface area contributed by atoms with Crippen molar-refractivity contribution in [3.8, 4) is 11.3 Å². The van der Waals surface area contributed by atoms with E-state index in [2.05, 4.69) is 25.8 Å². The topological polar surface area (TPSA) is 82.2 Å². The van der Waals surface area contributed by atoms with Crippen molar-refractivity contribution in [2.24, 2.45) is 0 Å². The van der Waals surface area contributed by atoms with Gasteiger partial charge in [-0.15, -0.1) is 11.3 Å². The molecule has 1 saturated heterocycles. The third-order valence-electron chi connectivity index (χ3n) is 6.24. The molecular weight excluding hydrogens is 439 g/mol. The summed E-state index contributed by atoms with van der Waals surface area (Å²) in [6.45, 7) is 5.99. The van der Waals surface area contributed by atoms with Gasteiger partial charge in [0.2, 0.25) is 5.95 Å². The van der Waals surface area contributed by atoms with Gasteiger partial charge in [0, 0.05) is 54.2 Å². The first-order chi connectivity index (χ1) is 16.1. The molecule has 1 aromatic carbocycles. The van der Waals surface area contributed by atoms with Crippen molar-refractivity contribution in [2.45, 2.75) is 13.0 Å². The summed E-state index contributed by atoms with van der Waals surface area (Å²) in [5, 5.41) is 11.7. The maximum absolute atomic E-state index is 15.0. The van der Waals surface area contributed by atoms with Crippen LogP contribution in [0.2, 0.25) is 0 Å². The van der Waals surface area contributed by atoms with E-state index < -0.39 is 5.95 Å². The van der Waals surface area contributed by atoms with Gasteiger partial charge in [0.1, 0.15) is 10.7 Å². The fourth-order valence-electron chi connectivity index (χ4n) is 4.56. The maximum Gasteiger partial charge on any atom is 0.263 e. The Labute approximate surface area is 194 Å². The summed E-state index contributed by atoms with van der Waals surface area (Å²) in [7, 11) is 0. The van der Waals surface area contributed by atoms with Gasteiger partial charge < -0.3 is 20.9 Å². The van der Waals surface area contributed by atoms with Gasteiger partial charge in [-0.25, -0.2) is 9.97 Å². The number of carbonyl (C=O) groups excluding carboxylic acids is 1. The van der Waals surface area contributed by atoms with Crippen LogP contribution in [0.1, 0.15) is 16.6 Å². The van der Waals surface area contributed by atoms with Crippen molar-refractivity contribution in [1.82, 2.24) is 20.6 Å². The molecular formula is C24H23FN6OS. The van der Waals surface area contributed by atoms with E-state index in [4.69, 9.17) is 4.98 Å². The molecule has 1 amide bonds. The number of hydrogen-bond acceptors (Lipinski definition) is 7. The number of pyridine rings is 2. The Bertz CT molecular complexity index is 1400. The van der Waals surface area contributed by atoms with E-state index in [1.807, 2.05) is 37.3 Å². The van der Waals surface area contributed by atoms with Gasteiger partial charge in [0.15, 0.2) is 0 Å². The normalized spacial score (nSPS) is 18.7. The number of halogens is 1. The molecule has 7 nitrogen and oxygen atoms in total. The van der Waals surface area contributed by atoms with Gasteiger partial charge >= 0.3 is 0 Å². The first-order valence-corrected chi connectivity index (χ1v) is 11.9. The van der Waals surface area contributed by atoms with Crippen LogP contribution in [0.5, 0.6) is 0 Å². The largest absolute Gasteiger partial charge is 0.381 e. The monoisotopic (exact) mass is 462 g/mol. The number of anilines is 2. The average molecular weight is 463 g/mol. The van der Waals surface area contributed by atoms with Crippen LogP contribution in [0.15, 0.2) is 36.4 Å². The molecule has 0 spiro atoms. The van der Waals surface area contributed by atoms with Crippen molar-refractivity contribution in [1.29, 1.82) is 0 Å². The maximum atomic E-state index is 15.0. The summed E-state index contributed by atoms with van der Waals surface area (Å²) in [5.41, 5.74) is 2.53. The molecule has 5 heterocycles. The van der Waals surface area contributed by atoms with Crippen LogP contribution >= 0.6 is 11.3 Å². The zero-order valence-corrected chi connectivity index (χ0v) is 18.9. The summed E-state index contributed by atoms with van der Waals surface area (Å²) in [5.74, 6) is 0.0784. The predicted octanol–water partition coefficient (Wildman–Crippen LogP) is 3.60. The first kappa shape index (κ1) is 20.3.